The quantitative estimate of drug-likeness (QED) is 0.164. The largest absolute Gasteiger partial charge is 0.497 e. The van der Waals surface area contributed by atoms with Gasteiger partial charge in [-0.25, -0.2) is 35.7 Å². The lowest BCUT2D eigenvalue weighted by Crippen LogP contribution is -2.46. The predicted molar refractivity (Wildman–Crippen MR) is 180 cm³/mol. The molecule has 0 bridgehead atoms. The SMILES string of the molecule is COc1ccc(CN(c2ncns2)S(=O)(=O)c2cc(F)c(OC[C@@H]3CN(C(=O)OC(C)(C)C)CC[C@H]3c3ccc(F)cc3)cc2F)c(OC)c1. The first-order valence-electron chi connectivity index (χ1n) is 15.6. The van der Waals surface area contributed by atoms with Crippen molar-refractivity contribution in [3.05, 3.63) is 89.5 Å². The molecule has 50 heavy (non-hydrogen) atoms. The molecule has 4 aromatic rings. The number of carbonyl (C=O) groups is 1. The maximum absolute atomic E-state index is 15.7. The van der Waals surface area contributed by atoms with Gasteiger partial charge in [-0.05, 0) is 62.9 Å². The molecule has 16 heteroatoms. The van der Waals surface area contributed by atoms with Gasteiger partial charge in [-0.1, -0.05) is 12.1 Å². The highest BCUT2D eigenvalue weighted by atomic mass is 32.2. The Morgan fingerprint density at radius 1 is 1.00 bits per heavy atom. The zero-order valence-corrected chi connectivity index (χ0v) is 29.7. The summed E-state index contributed by atoms with van der Waals surface area (Å²) in [6, 6.07) is 11.9. The zero-order chi connectivity index (χ0) is 36.2. The van der Waals surface area contributed by atoms with Crippen LogP contribution in [0.3, 0.4) is 0 Å². The second-order valence-electron chi connectivity index (χ2n) is 12.6. The van der Waals surface area contributed by atoms with E-state index in [1.165, 1.54) is 31.3 Å². The summed E-state index contributed by atoms with van der Waals surface area (Å²) in [7, 11) is -1.88. The summed E-state index contributed by atoms with van der Waals surface area (Å²) < 4.78 is 99.6. The Hall–Kier alpha value is -4.57. The third kappa shape index (κ3) is 8.41. The maximum Gasteiger partial charge on any atom is 0.410 e. The fourth-order valence-electron chi connectivity index (χ4n) is 5.65. The highest BCUT2D eigenvalue weighted by Gasteiger charge is 2.36. The maximum atomic E-state index is 15.7. The van der Waals surface area contributed by atoms with Crippen LogP contribution >= 0.6 is 11.5 Å². The van der Waals surface area contributed by atoms with Gasteiger partial charge in [-0.15, -0.1) is 0 Å². The van der Waals surface area contributed by atoms with E-state index < -0.39 is 55.7 Å². The molecular formula is C34H37F3N4O7S2. The van der Waals surface area contributed by atoms with Gasteiger partial charge < -0.3 is 23.8 Å². The Morgan fingerprint density at radius 3 is 2.38 bits per heavy atom. The number of hydrogen-bond donors (Lipinski definition) is 0. The average molecular weight is 735 g/mol. The van der Waals surface area contributed by atoms with Crippen LogP contribution in [0.4, 0.5) is 23.1 Å². The van der Waals surface area contributed by atoms with E-state index in [9.17, 15) is 17.6 Å². The van der Waals surface area contributed by atoms with Gasteiger partial charge in [-0.2, -0.15) is 4.37 Å². The van der Waals surface area contributed by atoms with E-state index in [1.807, 2.05) is 0 Å². The van der Waals surface area contributed by atoms with Gasteiger partial charge in [0, 0.05) is 54.3 Å². The average Bonchev–Trinajstić information content (AvgIpc) is 3.61. The Bertz CT molecular complexity index is 1910. The van der Waals surface area contributed by atoms with E-state index in [1.54, 1.807) is 51.1 Å². The minimum atomic E-state index is -4.75. The van der Waals surface area contributed by atoms with E-state index in [4.69, 9.17) is 18.9 Å². The number of halogens is 3. The van der Waals surface area contributed by atoms with E-state index in [2.05, 4.69) is 9.36 Å². The molecule has 1 saturated heterocycles. The van der Waals surface area contributed by atoms with Crippen molar-refractivity contribution in [1.29, 1.82) is 0 Å². The lowest BCUT2D eigenvalue weighted by Gasteiger charge is -2.39. The summed E-state index contributed by atoms with van der Waals surface area (Å²) in [4.78, 5) is 17.5. The molecule has 5 rings (SSSR count). The van der Waals surface area contributed by atoms with Gasteiger partial charge >= 0.3 is 6.09 Å². The number of likely N-dealkylation sites (tertiary alicyclic amines) is 1. The number of ether oxygens (including phenoxy) is 4. The normalized spacial score (nSPS) is 16.5. The fourth-order valence-corrected chi connectivity index (χ4v) is 7.84. The molecule has 2 heterocycles. The predicted octanol–water partition coefficient (Wildman–Crippen LogP) is 6.79. The Balaban J connectivity index is 1.41. The van der Waals surface area contributed by atoms with Crippen molar-refractivity contribution in [1.82, 2.24) is 14.3 Å². The van der Waals surface area contributed by atoms with Gasteiger partial charge in [0.05, 0.1) is 27.4 Å². The zero-order valence-electron chi connectivity index (χ0n) is 28.1. The van der Waals surface area contributed by atoms with Crippen LogP contribution in [0.25, 0.3) is 0 Å². The van der Waals surface area contributed by atoms with Crippen LogP contribution in [0.1, 0.15) is 44.2 Å². The number of anilines is 1. The third-order valence-corrected chi connectivity index (χ3v) is 10.6. The molecule has 3 aromatic carbocycles. The number of sulfonamides is 1. The Labute approximate surface area is 292 Å². The smallest absolute Gasteiger partial charge is 0.410 e. The molecule has 1 aliphatic rings. The first-order valence-corrected chi connectivity index (χ1v) is 17.8. The molecule has 11 nitrogen and oxygen atoms in total. The summed E-state index contributed by atoms with van der Waals surface area (Å²) in [6.45, 7) is 5.26. The van der Waals surface area contributed by atoms with Crippen LogP contribution in [0.5, 0.6) is 17.2 Å². The summed E-state index contributed by atoms with van der Waals surface area (Å²) in [5.41, 5.74) is 0.463. The Morgan fingerprint density at radius 2 is 1.74 bits per heavy atom. The molecule has 268 valence electrons. The van der Waals surface area contributed by atoms with Crippen LogP contribution < -0.4 is 18.5 Å². The van der Waals surface area contributed by atoms with E-state index >= 15 is 8.78 Å². The van der Waals surface area contributed by atoms with Crippen molar-refractivity contribution in [3.8, 4) is 17.2 Å². The number of piperidine rings is 1. The number of rotatable bonds is 11. The van der Waals surface area contributed by atoms with Crippen LogP contribution in [-0.2, 0) is 21.3 Å². The molecule has 0 spiro atoms. The summed E-state index contributed by atoms with van der Waals surface area (Å²) in [6.07, 6.45) is 1.10. The topological polar surface area (TPSA) is 120 Å². The molecular weight excluding hydrogens is 698 g/mol. The second kappa shape index (κ2) is 15.1. The fraction of sp³-hybridized carbons (Fsp3) is 0.382. The number of hydrogen-bond acceptors (Lipinski definition) is 10. The number of benzene rings is 3. The lowest BCUT2D eigenvalue weighted by molar-refractivity contribution is 0.0110. The van der Waals surface area contributed by atoms with Crippen molar-refractivity contribution < 1.29 is 45.3 Å². The molecule has 1 amide bonds. The summed E-state index contributed by atoms with van der Waals surface area (Å²) in [5, 5.41) is -0.0818. The highest BCUT2D eigenvalue weighted by molar-refractivity contribution is 7.93. The molecule has 1 aliphatic heterocycles. The molecule has 0 unspecified atom stereocenters. The molecule has 1 aromatic heterocycles. The van der Waals surface area contributed by atoms with Crippen LogP contribution in [0.2, 0.25) is 0 Å². The number of methoxy groups -OCH3 is 2. The van der Waals surface area contributed by atoms with Gasteiger partial charge in [0.15, 0.2) is 11.6 Å². The number of aromatic nitrogens is 2. The first-order chi connectivity index (χ1) is 23.7. The van der Waals surface area contributed by atoms with Gasteiger partial charge in [0.1, 0.15) is 40.0 Å². The summed E-state index contributed by atoms with van der Waals surface area (Å²) >= 11 is 0.756. The van der Waals surface area contributed by atoms with Crippen molar-refractivity contribution in [2.24, 2.45) is 5.92 Å². The second-order valence-corrected chi connectivity index (χ2v) is 15.2. The van der Waals surface area contributed by atoms with Crippen LogP contribution in [-0.4, -0.2) is 68.3 Å². The van der Waals surface area contributed by atoms with E-state index in [0.717, 1.165) is 27.7 Å². The van der Waals surface area contributed by atoms with Crippen molar-refractivity contribution in [2.45, 2.75) is 50.2 Å². The van der Waals surface area contributed by atoms with E-state index in [0.29, 0.717) is 42.2 Å². The van der Waals surface area contributed by atoms with E-state index in [-0.39, 0.29) is 30.7 Å². The lowest BCUT2D eigenvalue weighted by atomic mass is 9.81. The standard InChI is InChI=1S/C34H37F3N4O7S2/c1-34(2,3)48-33(42)40-13-12-26(21-6-9-24(35)10-7-21)23(17-40)19-47-30-15-28(37)31(16-27(30)36)50(43,44)41(32-38-20-39-49-32)18-22-8-11-25(45-4)14-29(22)46-5/h6-11,14-16,20,23,26H,12-13,17-19H2,1-5H3/t23-,26-/m0/s1. The van der Waals surface area contributed by atoms with Crippen LogP contribution in [0, 0.1) is 23.4 Å². The minimum absolute atomic E-state index is 0.0818. The summed E-state index contributed by atoms with van der Waals surface area (Å²) in [5.74, 6) is -3.18. The number of nitrogens with zero attached hydrogens (tertiary/aromatic N) is 4. The number of carbonyl (C=O) groups excluding carboxylic acids is 1. The third-order valence-electron chi connectivity index (χ3n) is 8.06. The van der Waals surface area contributed by atoms with Gasteiger partial charge in [-0.3, -0.25) is 0 Å². The van der Waals surface area contributed by atoms with Gasteiger partial charge in [0.25, 0.3) is 10.0 Å². The highest BCUT2D eigenvalue weighted by Crippen LogP contribution is 2.37. The van der Waals surface area contributed by atoms with Crippen molar-refractivity contribution in [2.75, 3.05) is 38.2 Å². The molecule has 2 atom stereocenters. The monoisotopic (exact) mass is 734 g/mol. The molecule has 0 N–H and O–H groups in total. The number of amides is 1. The van der Waals surface area contributed by atoms with Gasteiger partial charge in [0.2, 0.25) is 5.13 Å². The molecule has 0 radical (unpaired) electrons. The van der Waals surface area contributed by atoms with Crippen molar-refractivity contribution in [3.63, 3.8) is 0 Å². The Kier molecular flexibility index (Phi) is 11.1. The van der Waals surface area contributed by atoms with Crippen molar-refractivity contribution >= 4 is 32.8 Å². The molecule has 0 aliphatic carbocycles. The minimum Gasteiger partial charge on any atom is -0.497 e. The first kappa shape index (κ1) is 36.7. The molecule has 1 fully saturated rings. The molecule has 0 saturated carbocycles. The van der Waals surface area contributed by atoms with Crippen LogP contribution in [0.15, 0.2) is 65.8 Å².